The van der Waals surface area contributed by atoms with E-state index in [1.165, 1.54) is 0 Å². The minimum Gasteiger partial charge on any atom is -0.257 e. The summed E-state index contributed by atoms with van der Waals surface area (Å²) in [5, 5.41) is 0. The van der Waals surface area contributed by atoms with Gasteiger partial charge in [-0.05, 0) is 18.2 Å². The summed E-state index contributed by atoms with van der Waals surface area (Å²) in [4.78, 5) is -1.28. The van der Waals surface area contributed by atoms with Gasteiger partial charge in [-0.25, -0.2) is 8.78 Å². The van der Waals surface area contributed by atoms with E-state index in [-0.39, 0.29) is 6.07 Å². The van der Waals surface area contributed by atoms with Gasteiger partial charge in [0.05, 0.1) is 0 Å². The highest BCUT2D eigenvalue weighted by molar-refractivity contribution is 7.86. The molecule has 9 heteroatoms. The smallest absolute Gasteiger partial charge is 0.257 e. The van der Waals surface area contributed by atoms with Crippen LogP contribution in [0.1, 0.15) is 0 Å². The van der Waals surface area contributed by atoms with Gasteiger partial charge in [-0.3, -0.25) is 4.18 Å². The Labute approximate surface area is 92.9 Å². The lowest BCUT2D eigenvalue weighted by Crippen LogP contribution is -2.21. The molecule has 0 atom stereocenters. The van der Waals surface area contributed by atoms with Gasteiger partial charge in [-0.2, -0.15) is 21.6 Å². The Hall–Kier alpha value is -1.22. The molecular weight excluding hydrogens is 271 g/mol. The van der Waals surface area contributed by atoms with Gasteiger partial charge in [0, 0.05) is 0 Å². The Bertz CT molecular complexity index is 508. The average molecular weight is 276 g/mol. The van der Waals surface area contributed by atoms with Gasteiger partial charge in [0.1, 0.15) is 16.5 Å². The second kappa shape index (κ2) is 4.57. The van der Waals surface area contributed by atoms with Crippen molar-refractivity contribution in [2.45, 2.75) is 11.1 Å². The summed E-state index contributed by atoms with van der Waals surface area (Å²) in [6.07, 6.45) is -4.89. The zero-order valence-electron chi connectivity index (χ0n) is 7.96. The van der Waals surface area contributed by atoms with Crippen molar-refractivity contribution >= 4 is 10.1 Å². The maximum absolute atomic E-state index is 13.0. The van der Waals surface area contributed by atoms with E-state index in [0.29, 0.717) is 12.1 Å². The van der Waals surface area contributed by atoms with Crippen LogP contribution in [0.3, 0.4) is 0 Å². The zero-order valence-corrected chi connectivity index (χ0v) is 8.78. The van der Waals surface area contributed by atoms with E-state index >= 15 is 0 Å². The molecule has 17 heavy (non-hydrogen) atoms. The van der Waals surface area contributed by atoms with E-state index in [1.807, 2.05) is 0 Å². The van der Waals surface area contributed by atoms with Crippen LogP contribution in [0.15, 0.2) is 23.1 Å². The molecule has 0 saturated heterocycles. The van der Waals surface area contributed by atoms with Crippen molar-refractivity contribution in [2.24, 2.45) is 0 Å². The quantitative estimate of drug-likeness (QED) is 0.628. The highest BCUT2D eigenvalue weighted by Crippen LogP contribution is 2.21. The third-order valence-electron chi connectivity index (χ3n) is 1.54. The van der Waals surface area contributed by atoms with Crippen LogP contribution < -0.4 is 0 Å². The van der Waals surface area contributed by atoms with E-state index in [2.05, 4.69) is 4.18 Å². The molecule has 0 amide bonds. The maximum Gasteiger partial charge on any atom is 0.413 e. The molecule has 0 unspecified atom stereocenters. The van der Waals surface area contributed by atoms with Crippen LogP contribution >= 0.6 is 0 Å². The topological polar surface area (TPSA) is 43.4 Å². The molecule has 1 aromatic rings. The second-order valence-electron chi connectivity index (χ2n) is 2.91. The van der Waals surface area contributed by atoms with Gasteiger partial charge < -0.3 is 0 Å². The minimum absolute atomic E-state index is 0.237. The largest absolute Gasteiger partial charge is 0.413 e. The summed E-state index contributed by atoms with van der Waals surface area (Å²) in [6.45, 7) is -2.11. The van der Waals surface area contributed by atoms with Crippen molar-refractivity contribution in [3.05, 3.63) is 29.8 Å². The van der Waals surface area contributed by atoms with Crippen LogP contribution in [0, 0.1) is 11.6 Å². The number of benzene rings is 1. The minimum atomic E-state index is -4.98. The first-order chi connectivity index (χ1) is 7.62. The normalized spacial score (nSPS) is 12.8. The number of halogens is 5. The molecule has 1 aromatic carbocycles. The highest BCUT2D eigenvalue weighted by Gasteiger charge is 2.32. The molecule has 96 valence electrons. The fourth-order valence-corrected chi connectivity index (χ4v) is 1.86. The maximum atomic E-state index is 13.0. The molecule has 0 heterocycles. The molecule has 0 aliphatic rings. The molecule has 0 spiro atoms. The van der Waals surface area contributed by atoms with Gasteiger partial charge >= 0.3 is 6.18 Å². The van der Waals surface area contributed by atoms with Crippen LogP contribution in [0.4, 0.5) is 22.0 Å². The van der Waals surface area contributed by atoms with Gasteiger partial charge in [0.25, 0.3) is 10.1 Å². The molecule has 0 aliphatic heterocycles. The Morgan fingerprint density at radius 3 is 2.29 bits per heavy atom. The third-order valence-corrected chi connectivity index (χ3v) is 2.82. The predicted molar refractivity (Wildman–Crippen MR) is 45.6 cm³/mol. The summed E-state index contributed by atoms with van der Waals surface area (Å²) in [5.74, 6) is -2.51. The van der Waals surface area contributed by atoms with Crippen molar-refractivity contribution < 1.29 is 34.6 Å². The number of rotatable bonds is 3. The summed E-state index contributed by atoms with van der Waals surface area (Å²) < 4.78 is 86.6. The lowest BCUT2D eigenvalue weighted by Gasteiger charge is -2.08. The van der Waals surface area contributed by atoms with E-state index in [4.69, 9.17) is 0 Å². The Morgan fingerprint density at radius 2 is 1.76 bits per heavy atom. The molecule has 3 nitrogen and oxygen atoms in total. The zero-order chi connectivity index (χ0) is 13.3. The molecule has 0 bridgehead atoms. The van der Waals surface area contributed by atoms with E-state index < -0.39 is 39.4 Å². The lowest BCUT2D eigenvalue weighted by atomic mass is 10.3. The first-order valence-electron chi connectivity index (χ1n) is 4.03. The Balaban J connectivity index is 3.02. The number of hydrogen-bond acceptors (Lipinski definition) is 3. The average Bonchev–Trinajstić information content (AvgIpc) is 2.18. The highest BCUT2D eigenvalue weighted by atomic mass is 32.2. The van der Waals surface area contributed by atoms with Gasteiger partial charge in [0.15, 0.2) is 6.61 Å². The van der Waals surface area contributed by atoms with Crippen molar-refractivity contribution in [3.63, 3.8) is 0 Å². The van der Waals surface area contributed by atoms with Crippen molar-refractivity contribution in [2.75, 3.05) is 6.61 Å². The van der Waals surface area contributed by atoms with Crippen LogP contribution in [-0.2, 0) is 14.3 Å². The molecule has 0 aliphatic carbocycles. The molecular formula is C8H5F5O3S. The molecule has 1 rings (SSSR count). The fourth-order valence-electron chi connectivity index (χ4n) is 0.877. The van der Waals surface area contributed by atoms with Crippen LogP contribution in [0.5, 0.6) is 0 Å². The predicted octanol–water partition coefficient (Wildman–Crippen LogP) is 2.23. The van der Waals surface area contributed by atoms with Crippen LogP contribution in [0.2, 0.25) is 0 Å². The molecule has 0 saturated carbocycles. The molecule has 0 radical (unpaired) electrons. The van der Waals surface area contributed by atoms with Crippen molar-refractivity contribution in [3.8, 4) is 0 Å². The van der Waals surface area contributed by atoms with Crippen LogP contribution in [0.25, 0.3) is 0 Å². The van der Waals surface area contributed by atoms with E-state index in [1.54, 1.807) is 0 Å². The van der Waals surface area contributed by atoms with Gasteiger partial charge in [-0.1, -0.05) is 0 Å². The van der Waals surface area contributed by atoms with Gasteiger partial charge in [0.2, 0.25) is 0 Å². The second-order valence-corrected chi connectivity index (χ2v) is 4.49. The SMILES string of the molecule is O=S(=O)(OCC(F)(F)F)c1cc(F)ccc1F. The van der Waals surface area contributed by atoms with E-state index in [9.17, 15) is 30.4 Å². The van der Waals surface area contributed by atoms with Crippen LogP contribution in [-0.4, -0.2) is 21.2 Å². The lowest BCUT2D eigenvalue weighted by molar-refractivity contribution is -0.152. The summed E-state index contributed by atoms with van der Waals surface area (Å²) >= 11 is 0. The van der Waals surface area contributed by atoms with Crippen molar-refractivity contribution in [1.82, 2.24) is 0 Å². The third kappa shape index (κ3) is 3.93. The molecule has 0 fully saturated rings. The fraction of sp³-hybridized carbons (Fsp3) is 0.250. The van der Waals surface area contributed by atoms with Gasteiger partial charge in [-0.15, -0.1) is 0 Å². The first kappa shape index (κ1) is 13.8. The summed E-state index contributed by atoms with van der Waals surface area (Å²) in [7, 11) is -4.98. The number of hydrogen-bond donors (Lipinski definition) is 0. The number of alkyl halides is 3. The summed E-state index contributed by atoms with van der Waals surface area (Å²) in [5.41, 5.74) is 0. The molecule has 0 N–H and O–H groups in total. The monoisotopic (exact) mass is 276 g/mol. The standard InChI is InChI=1S/C8H5F5O3S/c9-5-1-2-6(10)7(3-5)17(14,15)16-4-8(11,12)13/h1-3H,4H2. The summed E-state index contributed by atoms with van der Waals surface area (Å²) in [6, 6.07) is 1.33. The van der Waals surface area contributed by atoms with E-state index in [0.717, 1.165) is 0 Å². The Kier molecular flexibility index (Phi) is 3.72. The van der Waals surface area contributed by atoms with Crippen molar-refractivity contribution in [1.29, 1.82) is 0 Å². The first-order valence-corrected chi connectivity index (χ1v) is 5.44. The molecule has 0 aromatic heterocycles. The Morgan fingerprint density at radius 1 is 1.18 bits per heavy atom.